The molecule has 0 radical (unpaired) electrons. The monoisotopic (exact) mass is 174 g/mol. The quantitative estimate of drug-likeness (QED) is 0.604. The van der Waals surface area contributed by atoms with Crippen LogP contribution < -0.4 is 0 Å². The third-order valence-corrected chi connectivity index (χ3v) is 9.52. The van der Waals surface area contributed by atoms with Gasteiger partial charge in [-0.3, -0.25) is 0 Å². The standard InChI is InChI=1S/3C3H7.Sc/c3*1-3-2;/h3*3H,1-2H3;. The SMILES string of the molecule is C[CH](C)[Sc]([CH](C)C)[CH](C)C. The van der Waals surface area contributed by atoms with Gasteiger partial charge in [-0.15, -0.1) is 0 Å². The van der Waals surface area contributed by atoms with Crippen molar-refractivity contribution in [3.63, 3.8) is 0 Å². The summed E-state index contributed by atoms with van der Waals surface area (Å²) in [5.74, 6) is 0. The summed E-state index contributed by atoms with van der Waals surface area (Å²) < 4.78 is 3.06. The fourth-order valence-electron chi connectivity index (χ4n) is 2.31. The molecule has 0 aliphatic rings. The van der Waals surface area contributed by atoms with Crippen LogP contribution in [-0.2, 0) is 21.4 Å². The fraction of sp³-hybridized carbons (Fsp3) is 1.00. The maximum atomic E-state index is 2.41. The second kappa shape index (κ2) is 4.69. The normalized spacial score (nSPS) is 11.7. The van der Waals surface area contributed by atoms with E-state index in [1.54, 1.807) is 0 Å². The van der Waals surface area contributed by atoms with Crippen molar-refractivity contribution in [1.82, 2.24) is 0 Å². The third-order valence-electron chi connectivity index (χ3n) is 2.31. The third kappa shape index (κ3) is 3.32. The van der Waals surface area contributed by atoms with Crippen LogP contribution in [0.2, 0.25) is 11.0 Å². The Hall–Kier alpha value is 0.870. The van der Waals surface area contributed by atoms with Gasteiger partial charge in [-0.2, -0.15) is 0 Å². The van der Waals surface area contributed by atoms with Gasteiger partial charge in [0.05, 0.1) is 0 Å². The molecule has 0 saturated heterocycles. The van der Waals surface area contributed by atoms with E-state index in [-0.39, 0.29) is 0 Å². The predicted octanol–water partition coefficient (Wildman–Crippen LogP) is 4.09. The molecular weight excluding hydrogens is 153 g/mol. The van der Waals surface area contributed by atoms with Crippen molar-refractivity contribution >= 4 is 0 Å². The molecule has 0 saturated carbocycles. The topological polar surface area (TPSA) is 0 Å². The van der Waals surface area contributed by atoms with E-state index >= 15 is 0 Å². The van der Waals surface area contributed by atoms with E-state index in [2.05, 4.69) is 41.5 Å². The van der Waals surface area contributed by atoms with Gasteiger partial charge in [0.25, 0.3) is 0 Å². The van der Waals surface area contributed by atoms with Crippen LogP contribution in [0.4, 0.5) is 0 Å². The first-order valence-electron chi connectivity index (χ1n) is 4.46. The van der Waals surface area contributed by atoms with Gasteiger partial charge in [0.2, 0.25) is 0 Å². The second-order valence-corrected chi connectivity index (χ2v) is 12.4. The van der Waals surface area contributed by atoms with E-state index in [1.807, 2.05) is 0 Å². The van der Waals surface area contributed by atoms with E-state index in [9.17, 15) is 0 Å². The zero-order valence-electron chi connectivity index (χ0n) is 8.31. The summed E-state index contributed by atoms with van der Waals surface area (Å²) >= 11 is -0.924. The minimum atomic E-state index is -0.924. The van der Waals surface area contributed by atoms with Crippen LogP contribution in [0.5, 0.6) is 0 Å². The molecule has 0 aromatic carbocycles. The molecule has 0 rings (SSSR count). The Balaban J connectivity index is 3.98. The second-order valence-electron chi connectivity index (χ2n) is 4.31. The van der Waals surface area contributed by atoms with Crippen LogP contribution in [0.25, 0.3) is 0 Å². The van der Waals surface area contributed by atoms with Crippen molar-refractivity contribution in [2.24, 2.45) is 0 Å². The van der Waals surface area contributed by atoms with E-state index in [0.29, 0.717) is 0 Å². The summed E-state index contributed by atoms with van der Waals surface area (Å²) in [6.07, 6.45) is 0. The van der Waals surface area contributed by atoms with Crippen LogP contribution in [0.15, 0.2) is 0 Å². The molecule has 0 spiro atoms. The first-order chi connectivity index (χ1) is 4.46. The average Bonchev–Trinajstić information content (AvgIpc) is 1.59. The number of hydrogen-bond acceptors (Lipinski definition) is 0. The van der Waals surface area contributed by atoms with Gasteiger partial charge in [0.1, 0.15) is 0 Å². The first kappa shape index (κ1) is 10.9. The van der Waals surface area contributed by atoms with Crippen molar-refractivity contribution in [3.05, 3.63) is 0 Å². The molecule has 0 aliphatic carbocycles. The van der Waals surface area contributed by atoms with Gasteiger partial charge >= 0.3 is 74.0 Å². The molecule has 0 heterocycles. The molecule has 1 heteroatoms. The van der Waals surface area contributed by atoms with Gasteiger partial charge in [0, 0.05) is 0 Å². The van der Waals surface area contributed by atoms with E-state index in [4.69, 9.17) is 0 Å². The van der Waals surface area contributed by atoms with Gasteiger partial charge in [-0.25, -0.2) is 0 Å². The van der Waals surface area contributed by atoms with Gasteiger partial charge in [0.15, 0.2) is 0 Å². The Labute approximate surface area is 73.9 Å². The fourth-order valence-corrected chi connectivity index (χ4v) is 9.52. The van der Waals surface area contributed by atoms with Crippen molar-refractivity contribution in [2.45, 2.75) is 52.6 Å². The molecule has 0 aromatic rings. The summed E-state index contributed by atoms with van der Waals surface area (Å²) in [5, 5.41) is 0. The molecule has 0 aromatic heterocycles. The molecule has 0 nitrogen and oxygen atoms in total. The molecule has 0 N–H and O–H groups in total. The first-order valence-corrected chi connectivity index (χ1v) is 7.59. The molecule has 0 fully saturated rings. The van der Waals surface area contributed by atoms with Crippen LogP contribution >= 0.6 is 0 Å². The van der Waals surface area contributed by atoms with Crippen LogP contribution in [0.1, 0.15) is 41.5 Å². The van der Waals surface area contributed by atoms with Crippen LogP contribution in [-0.4, -0.2) is 0 Å². The predicted molar refractivity (Wildman–Crippen MR) is 45.3 cm³/mol. The molecular formula is C9H21Sc. The molecule has 60 valence electrons. The zero-order valence-corrected chi connectivity index (χ0v) is 10.1. The summed E-state index contributed by atoms with van der Waals surface area (Å²) in [6, 6.07) is 0. The maximum absolute atomic E-state index is 2.41. The van der Waals surface area contributed by atoms with Crippen molar-refractivity contribution in [2.75, 3.05) is 0 Å². The molecule has 0 unspecified atom stereocenters. The van der Waals surface area contributed by atoms with Gasteiger partial charge in [-0.05, 0) is 0 Å². The molecule has 0 amide bonds. The molecule has 0 aliphatic heterocycles. The van der Waals surface area contributed by atoms with Crippen LogP contribution in [0, 0.1) is 0 Å². The van der Waals surface area contributed by atoms with E-state index in [1.165, 1.54) is 0 Å². The van der Waals surface area contributed by atoms with Crippen LogP contribution in [0.3, 0.4) is 0 Å². The molecule has 0 atom stereocenters. The zero-order chi connectivity index (χ0) is 8.31. The minimum absolute atomic E-state index is 0.924. The number of rotatable bonds is 3. The summed E-state index contributed by atoms with van der Waals surface area (Å²) in [5.41, 5.74) is 0. The Morgan fingerprint density at radius 3 is 0.800 bits per heavy atom. The van der Waals surface area contributed by atoms with E-state index in [0.717, 1.165) is 11.0 Å². The Kier molecular flexibility index (Phi) is 5.10. The number of hydrogen-bond donors (Lipinski definition) is 0. The summed E-state index contributed by atoms with van der Waals surface area (Å²) in [4.78, 5) is 0. The van der Waals surface area contributed by atoms with Crippen molar-refractivity contribution in [1.29, 1.82) is 0 Å². The van der Waals surface area contributed by atoms with Crippen molar-refractivity contribution in [3.8, 4) is 0 Å². The molecule has 0 bridgehead atoms. The molecule has 10 heavy (non-hydrogen) atoms. The Morgan fingerprint density at radius 1 is 0.600 bits per heavy atom. The average molecular weight is 174 g/mol. The van der Waals surface area contributed by atoms with E-state index < -0.39 is 21.4 Å². The summed E-state index contributed by atoms with van der Waals surface area (Å²) in [7, 11) is 0. The van der Waals surface area contributed by atoms with Crippen molar-refractivity contribution < 1.29 is 21.4 Å². The van der Waals surface area contributed by atoms with Gasteiger partial charge < -0.3 is 0 Å². The summed E-state index contributed by atoms with van der Waals surface area (Å²) in [6.45, 7) is 14.4. The Morgan fingerprint density at radius 2 is 0.800 bits per heavy atom. The Bertz CT molecular complexity index is 65.7. The van der Waals surface area contributed by atoms with Gasteiger partial charge in [-0.1, -0.05) is 0 Å².